The normalized spacial score (nSPS) is 11.0. The highest BCUT2D eigenvalue weighted by molar-refractivity contribution is 6.10. The van der Waals surface area contributed by atoms with Crippen LogP contribution in [0.4, 0.5) is 0 Å². The second-order valence-corrected chi connectivity index (χ2v) is 6.97. The maximum atomic E-state index is 13.3. The molecule has 0 spiro atoms. The lowest BCUT2D eigenvalue weighted by molar-refractivity contribution is 0.103. The third-order valence-electron chi connectivity index (χ3n) is 5.22. The van der Waals surface area contributed by atoms with E-state index in [1.807, 2.05) is 65.1 Å². The van der Waals surface area contributed by atoms with Crippen molar-refractivity contribution >= 4 is 22.5 Å². The van der Waals surface area contributed by atoms with Gasteiger partial charge in [-0.25, -0.2) is 0 Å². The van der Waals surface area contributed by atoms with Crippen molar-refractivity contribution in [1.82, 2.24) is 8.97 Å². The van der Waals surface area contributed by atoms with Gasteiger partial charge in [0.25, 0.3) is 0 Å². The molecule has 0 aliphatic rings. The molecule has 0 aliphatic heterocycles. The molecule has 4 heteroatoms. The number of rotatable bonds is 4. The molecule has 138 valence electrons. The first-order chi connectivity index (χ1) is 14.3. The molecule has 5 aromatic rings. The number of aromatic nitrogens is 2. The van der Waals surface area contributed by atoms with E-state index >= 15 is 0 Å². The minimum Gasteiger partial charge on any atom is -0.320 e. The summed E-state index contributed by atoms with van der Waals surface area (Å²) in [5, 5.41) is 9.83. The lowest BCUT2D eigenvalue weighted by Crippen LogP contribution is -2.04. The highest BCUT2D eigenvalue weighted by Gasteiger charge is 2.23. The Labute approximate surface area is 167 Å². The van der Waals surface area contributed by atoms with Crippen molar-refractivity contribution in [3.63, 3.8) is 0 Å². The van der Waals surface area contributed by atoms with Crippen molar-refractivity contribution in [2.45, 2.75) is 6.54 Å². The van der Waals surface area contributed by atoms with E-state index in [1.165, 1.54) is 0 Å². The summed E-state index contributed by atoms with van der Waals surface area (Å²) < 4.78 is 4.04. The third kappa shape index (κ3) is 2.72. The lowest BCUT2D eigenvalue weighted by atomic mass is 10.1. The van der Waals surface area contributed by atoms with Gasteiger partial charge in [0, 0.05) is 12.1 Å². The molecule has 2 heterocycles. The average molecular weight is 375 g/mol. The van der Waals surface area contributed by atoms with Gasteiger partial charge in [0.2, 0.25) is 5.78 Å². The molecule has 0 bridgehead atoms. The van der Waals surface area contributed by atoms with Gasteiger partial charge in [0.15, 0.2) is 0 Å². The molecule has 2 aromatic heterocycles. The molecule has 0 atom stereocenters. The number of ketones is 1. The Morgan fingerprint density at radius 3 is 2.14 bits per heavy atom. The lowest BCUT2D eigenvalue weighted by Gasteiger charge is -2.06. The van der Waals surface area contributed by atoms with Crippen LogP contribution in [0.5, 0.6) is 0 Å². The summed E-state index contributed by atoms with van der Waals surface area (Å²) in [6.45, 7) is 0.621. The summed E-state index contributed by atoms with van der Waals surface area (Å²) in [6.07, 6.45) is 0. The molecule has 29 heavy (non-hydrogen) atoms. The predicted octanol–water partition coefficient (Wildman–Crippen LogP) is 5.04. The molecule has 0 N–H and O–H groups in total. The van der Waals surface area contributed by atoms with Gasteiger partial charge < -0.3 is 4.57 Å². The summed E-state index contributed by atoms with van der Waals surface area (Å²) >= 11 is 0. The third-order valence-corrected chi connectivity index (χ3v) is 5.22. The molecule has 0 fully saturated rings. The molecule has 4 nitrogen and oxygen atoms in total. The number of nitrogens with zero attached hydrogens (tertiary/aromatic N) is 3. The highest BCUT2D eigenvalue weighted by Crippen LogP contribution is 2.29. The van der Waals surface area contributed by atoms with Crippen LogP contribution < -0.4 is 0 Å². The molecule has 0 saturated carbocycles. The quantitative estimate of drug-likeness (QED) is 0.413. The Hall–Kier alpha value is -4.10. The standard InChI is InChI=1S/C25H17N3O/c26-16-20-15-23(24(29)19-11-5-2-6-12-19)28-22-14-8-7-13-21(22)27(25(20)28)17-18-9-3-1-4-10-18/h1-15H,17H2. The molecule has 0 saturated heterocycles. The SMILES string of the molecule is N#Cc1cc(C(=O)c2ccccc2)n2c3ccccc3n(Cc3ccccc3)c12. The van der Waals surface area contributed by atoms with Gasteiger partial charge in [-0.1, -0.05) is 72.8 Å². The number of imidazole rings is 1. The van der Waals surface area contributed by atoms with Crippen LogP contribution in [0.2, 0.25) is 0 Å². The van der Waals surface area contributed by atoms with Crippen LogP contribution in [0.3, 0.4) is 0 Å². The number of benzene rings is 3. The molecule has 3 aromatic carbocycles. The van der Waals surface area contributed by atoms with Gasteiger partial charge in [-0.05, 0) is 23.8 Å². The average Bonchev–Trinajstić information content (AvgIpc) is 3.31. The van der Waals surface area contributed by atoms with Crippen molar-refractivity contribution in [2.75, 3.05) is 0 Å². The van der Waals surface area contributed by atoms with Gasteiger partial charge in [0.1, 0.15) is 11.7 Å². The maximum Gasteiger partial charge on any atom is 0.209 e. The predicted molar refractivity (Wildman–Crippen MR) is 113 cm³/mol. The fourth-order valence-electron chi connectivity index (χ4n) is 3.92. The van der Waals surface area contributed by atoms with E-state index in [2.05, 4.69) is 22.8 Å². The molecule has 0 radical (unpaired) electrons. The first-order valence-corrected chi connectivity index (χ1v) is 9.44. The number of hydrogen-bond acceptors (Lipinski definition) is 2. The van der Waals surface area contributed by atoms with Crippen LogP contribution in [0.15, 0.2) is 91.0 Å². The Bertz CT molecular complexity index is 1390. The fraction of sp³-hybridized carbons (Fsp3) is 0.0400. The van der Waals surface area contributed by atoms with E-state index in [0.717, 1.165) is 22.2 Å². The minimum absolute atomic E-state index is 0.0929. The van der Waals surface area contributed by atoms with Crippen LogP contribution >= 0.6 is 0 Å². The summed E-state index contributed by atoms with van der Waals surface area (Å²) in [7, 11) is 0. The fourth-order valence-corrected chi connectivity index (χ4v) is 3.92. The van der Waals surface area contributed by atoms with Gasteiger partial charge >= 0.3 is 0 Å². The minimum atomic E-state index is -0.0929. The zero-order valence-corrected chi connectivity index (χ0v) is 15.6. The van der Waals surface area contributed by atoms with E-state index in [4.69, 9.17) is 0 Å². The number of hydrogen-bond donors (Lipinski definition) is 0. The largest absolute Gasteiger partial charge is 0.320 e. The van der Waals surface area contributed by atoms with Gasteiger partial charge in [-0.3, -0.25) is 9.20 Å². The van der Waals surface area contributed by atoms with Gasteiger partial charge in [-0.15, -0.1) is 0 Å². The van der Waals surface area contributed by atoms with E-state index in [1.54, 1.807) is 18.2 Å². The molecular weight excluding hydrogens is 358 g/mol. The maximum absolute atomic E-state index is 13.3. The second-order valence-electron chi connectivity index (χ2n) is 6.97. The topological polar surface area (TPSA) is 50.2 Å². The van der Waals surface area contributed by atoms with E-state index < -0.39 is 0 Å². The van der Waals surface area contributed by atoms with Gasteiger partial charge in [0.05, 0.1) is 22.3 Å². The van der Waals surface area contributed by atoms with Crippen molar-refractivity contribution in [3.8, 4) is 6.07 Å². The van der Waals surface area contributed by atoms with Crippen molar-refractivity contribution in [3.05, 3.63) is 113 Å². The van der Waals surface area contributed by atoms with Crippen LogP contribution in [0.25, 0.3) is 16.7 Å². The Balaban J connectivity index is 1.81. The van der Waals surface area contributed by atoms with E-state index in [9.17, 15) is 10.1 Å². The first-order valence-electron chi connectivity index (χ1n) is 9.44. The zero-order valence-electron chi connectivity index (χ0n) is 15.6. The molecule has 0 unspecified atom stereocenters. The summed E-state index contributed by atoms with van der Waals surface area (Å²) in [4.78, 5) is 13.3. The molecule has 0 aliphatic carbocycles. The Morgan fingerprint density at radius 2 is 1.45 bits per heavy atom. The molecule has 0 amide bonds. The monoisotopic (exact) mass is 375 g/mol. The second kappa shape index (κ2) is 6.81. The number of nitriles is 1. The van der Waals surface area contributed by atoms with Crippen molar-refractivity contribution in [2.24, 2.45) is 0 Å². The van der Waals surface area contributed by atoms with E-state index in [-0.39, 0.29) is 5.78 Å². The first kappa shape index (κ1) is 17.0. The van der Waals surface area contributed by atoms with Crippen molar-refractivity contribution in [1.29, 1.82) is 5.26 Å². The van der Waals surface area contributed by atoms with Crippen molar-refractivity contribution < 1.29 is 4.79 Å². The molecule has 5 rings (SSSR count). The van der Waals surface area contributed by atoms with Gasteiger partial charge in [-0.2, -0.15) is 5.26 Å². The summed E-state index contributed by atoms with van der Waals surface area (Å²) in [5.41, 5.74) is 5.40. The van der Waals surface area contributed by atoms with Crippen LogP contribution in [0.1, 0.15) is 27.2 Å². The zero-order chi connectivity index (χ0) is 19.8. The number of carbonyl (C=O) groups excluding carboxylic acids is 1. The smallest absolute Gasteiger partial charge is 0.209 e. The number of para-hydroxylation sites is 2. The highest BCUT2D eigenvalue weighted by atomic mass is 16.1. The molecular formula is C25H17N3O. The summed E-state index contributed by atoms with van der Waals surface area (Å²) in [6, 6.07) is 31.3. The van der Waals surface area contributed by atoms with Crippen LogP contribution in [0, 0.1) is 11.3 Å². The summed E-state index contributed by atoms with van der Waals surface area (Å²) in [5.74, 6) is -0.0929. The number of carbonyl (C=O) groups is 1. The van der Waals surface area contributed by atoms with Crippen LogP contribution in [-0.4, -0.2) is 14.8 Å². The number of fused-ring (bicyclic) bond motifs is 3. The Kier molecular flexibility index (Phi) is 4.00. The van der Waals surface area contributed by atoms with E-state index in [0.29, 0.717) is 23.4 Å². The Morgan fingerprint density at radius 1 is 0.828 bits per heavy atom. The van der Waals surface area contributed by atoms with Crippen LogP contribution in [-0.2, 0) is 6.54 Å².